The summed E-state index contributed by atoms with van der Waals surface area (Å²) in [5.41, 5.74) is 0. The minimum atomic E-state index is -7.94. The van der Waals surface area contributed by atoms with Gasteiger partial charge in [0.1, 0.15) is 6.73 Å². The largest absolute Gasteiger partial charge is 0.460 e. The number of nitrogens with zero attached hydrogens (tertiary/aromatic N) is 1. The van der Waals surface area contributed by atoms with E-state index in [-0.39, 0.29) is 46.2 Å². The van der Waals surface area contributed by atoms with Gasteiger partial charge in [-0.25, -0.2) is 0 Å². The molecule has 0 radical (unpaired) electrons. The van der Waals surface area contributed by atoms with Gasteiger partial charge in [0.2, 0.25) is 0 Å². The minimum Gasteiger partial charge on any atom is -0.377 e. The van der Waals surface area contributed by atoms with E-state index in [0.29, 0.717) is 5.06 Å². The Morgan fingerprint density at radius 3 is 1.31 bits per heavy atom. The molecule has 0 spiro atoms. The Morgan fingerprint density at radius 1 is 0.472 bits per heavy atom. The van der Waals surface area contributed by atoms with Crippen molar-refractivity contribution in [2.24, 2.45) is 0 Å². The van der Waals surface area contributed by atoms with Gasteiger partial charge in [-0.05, 0) is 0 Å². The van der Waals surface area contributed by atoms with Gasteiger partial charge in [-0.15, -0.1) is 0 Å². The molecule has 0 aliphatic carbocycles. The summed E-state index contributed by atoms with van der Waals surface area (Å²) in [6.07, 6.45) is -9.89. The van der Waals surface area contributed by atoms with Gasteiger partial charge < -0.3 is 18.9 Å². The van der Waals surface area contributed by atoms with E-state index in [1.807, 2.05) is 0 Å². The molecule has 36 heavy (non-hydrogen) atoms. The summed E-state index contributed by atoms with van der Waals surface area (Å²) in [5.74, 6) is -37.1. The predicted molar refractivity (Wildman–Crippen MR) is 91.3 cm³/mol. The molecule has 0 N–H and O–H groups in total. The average Bonchev–Trinajstić information content (AvgIpc) is 2.76. The normalized spacial score (nSPS) is 20.6. The molecule has 1 heterocycles. The van der Waals surface area contributed by atoms with Crippen LogP contribution in [0.15, 0.2) is 0 Å². The van der Waals surface area contributed by atoms with Crippen LogP contribution in [0.3, 0.4) is 0 Å². The zero-order valence-corrected chi connectivity index (χ0v) is 18.2. The second-order valence-corrected chi connectivity index (χ2v) is 7.16. The fourth-order valence-electron chi connectivity index (χ4n) is 2.44. The SMILES string of the molecule is FC(F)(F)C(F)(F)C(F)(F)C(F)(F)C(F)(F)C(F)(F)CCN1COCCOCCOCCOCCO1. The maximum atomic E-state index is 14.0. The van der Waals surface area contributed by atoms with E-state index in [1.165, 1.54) is 0 Å². The Bertz CT molecular complexity index is 647. The third kappa shape index (κ3) is 7.46. The fraction of sp³-hybridized carbons (Fsp3) is 1.00. The van der Waals surface area contributed by atoms with E-state index >= 15 is 0 Å². The van der Waals surface area contributed by atoms with Crippen LogP contribution in [0.25, 0.3) is 0 Å². The van der Waals surface area contributed by atoms with E-state index in [0.717, 1.165) is 0 Å². The topological polar surface area (TPSA) is 49.4 Å². The first-order valence-corrected chi connectivity index (χ1v) is 9.97. The van der Waals surface area contributed by atoms with E-state index in [1.54, 1.807) is 0 Å². The summed E-state index contributed by atoms with van der Waals surface area (Å²) in [5, 5.41) is 0.379. The van der Waals surface area contributed by atoms with E-state index < -0.39 is 62.1 Å². The van der Waals surface area contributed by atoms with Crippen molar-refractivity contribution in [2.45, 2.75) is 42.2 Å². The Labute approximate surface area is 195 Å². The summed E-state index contributed by atoms with van der Waals surface area (Å²) in [6, 6.07) is 0. The quantitative estimate of drug-likeness (QED) is 0.426. The molecular weight excluding hydrogens is 545 g/mol. The molecule has 1 saturated heterocycles. The first-order chi connectivity index (χ1) is 16.3. The summed E-state index contributed by atoms with van der Waals surface area (Å²) in [7, 11) is 0. The van der Waals surface area contributed by atoms with Crippen LogP contribution in [0.2, 0.25) is 0 Å². The lowest BCUT2D eigenvalue weighted by Gasteiger charge is -2.40. The van der Waals surface area contributed by atoms with Crippen LogP contribution in [-0.2, 0) is 23.8 Å². The van der Waals surface area contributed by atoms with E-state index in [2.05, 4.69) is 0 Å². The second-order valence-electron chi connectivity index (χ2n) is 7.16. The Kier molecular flexibility index (Phi) is 11.5. The number of alkyl halides is 13. The van der Waals surface area contributed by atoms with Crippen molar-refractivity contribution >= 4 is 0 Å². The van der Waals surface area contributed by atoms with Crippen molar-refractivity contribution in [3.05, 3.63) is 0 Å². The highest BCUT2D eigenvalue weighted by Crippen LogP contribution is 2.60. The fourth-order valence-corrected chi connectivity index (χ4v) is 2.44. The molecule has 0 saturated carbocycles. The second kappa shape index (κ2) is 12.6. The molecule has 1 fully saturated rings. The molecule has 216 valence electrons. The number of halogens is 13. The zero-order valence-electron chi connectivity index (χ0n) is 18.2. The number of hydrogen-bond acceptors (Lipinski definition) is 6. The van der Waals surface area contributed by atoms with Crippen LogP contribution in [0.4, 0.5) is 57.1 Å². The molecule has 0 aromatic heterocycles. The summed E-state index contributed by atoms with van der Waals surface area (Å²) < 4.78 is 192. The van der Waals surface area contributed by atoms with E-state index in [4.69, 9.17) is 23.8 Å². The summed E-state index contributed by atoms with van der Waals surface area (Å²) in [4.78, 5) is 4.90. The number of hydrogen-bond donors (Lipinski definition) is 0. The first-order valence-electron chi connectivity index (χ1n) is 9.97. The summed E-state index contributed by atoms with van der Waals surface area (Å²) in [6.45, 7) is -2.56. The van der Waals surface area contributed by atoms with Gasteiger partial charge in [0.05, 0.1) is 52.9 Å². The smallest absolute Gasteiger partial charge is 0.377 e. The standard InChI is InChI=1S/C17H22F13NO5/c18-12(19,13(20,21)14(22,23)15(24,25)16(26,27)17(28,29)30)1-2-31-11-35-8-7-33-4-3-32-5-6-34-9-10-36-31/h1-11H2. The third-order valence-electron chi connectivity index (χ3n) is 4.53. The molecule has 1 aliphatic rings. The molecule has 19 heteroatoms. The first kappa shape index (κ1) is 32.9. The van der Waals surface area contributed by atoms with Crippen LogP contribution in [0, 0.1) is 0 Å². The van der Waals surface area contributed by atoms with Gasteiger partial charge in [-0.2, -0.15) is 62.1 Å². The molecule has 0 unspecified atom stereocenters. The van der Waals surface area contributed by atoms with Crippen LogP contribution in [-0.4, -0.2) is 107 Å². The molecule has 1 aliphatic heterocycles. The van der Waals surface area contributed by atoms with Crippen molar-refractivity contribution in [2.75, 3.05) is 66.1 Å². The van der Waals surface area contributed by atoms with E-state index in [9.17, 15) is 57.1 Å². The minimum absolute atomic E-state index is 0.0516. The lowest BCUT2D eigenvalue weighted by Crippen LogP contribution is -2.70. The molecule has 0 aromatic carbocycles. The van der Waals surface area contributed by atoms with Crippen molar-refractivity contribution in [1.82, 2.24) is 5.06 Å². The lowest BCUT2D eigenvalue weighted by molar-refractivity contribution is -0.440. The van der Waals surface area contributed by atoms with Crippen molar-refractivity contribution < 1.29 is 80.9 Å². The molecule has 0 bridgehead atoms. The van der Waals surface area contributed by atoms with Gasteiger partial charge in [-0.1, -0.05) is 0 Å². The average molecular weight is 567 g/mol. The van der Waals surface area contributed by atoms with Crippen LogP contribution in [0.5, 0.6) is 0 Å². The Morgan fingerprint density at radius 2 is 0.861 bits per heavy atom. The van der Waals surface area contributed by atoms with Crippen LogP contribution >= 0.6 is 0 Å². The highest BCUT2D eigenvalue weighted by molar-refractivity contribution is 5.10. The highest BCUT2D eigenvalue weighted by atomic mass is 19.4. The highest BCUT2D eigenvalue weighted by Gasteiger charge is 2.90. The Hall–Kier alpha value is -1.15. The third-order valence-corrected chi connectivity index (χ3v) is 4.53. The monoisotopic (exact) mass is 567 g/mol. The maximum absolute atomic E-state index is 14.0. The molecular formula is C17H22F13NO5. The Balaban J connectivity index is 2.96. The molecule has 6 nitrogen and oxygen atoms in total. The van der Waals surface area contributed by atoms with Crippen LogP contribution < -0.4 is 0 Å². The van der Waals surface area contributed by atoms with Gasteiger partial charge in [0, 0.05) is 13.0 Å². The van der Waals surface area contributed by atoms with Gasteiger partial charge in [0.15, 0.2) is 0 Å². The van der Waals surface area contributed by atoms with Gasteiger partial charge in [0.25, 0.3) is 0 Å². The van der Waals surface area contributed by atoms with Crippen LogP contribution in [0.1, 0.15) is 6.42 Å². The maximum Gasteiger partial charge on any atom is 0.460 e. The predicted octanol–water partition coefficient (Wildman–Crippen LogP) is 4.39. The number of ether oxygens (including phenoxy) is 4. The van der Waals surface area contributed by atoms with Gasteiger partial charge >= 0.3 is 35.8 Å². The van der Waals surface area contributed by atoms with Crippen molar-refractivity contribution in [3.8, 4) is 0 Å². The molecule has 0 aromatic rings. The summed E-state index contributed by atoms with van der Waals surface area (Å²) >= 11 is 0. The lowest BCUT2D eigenvalue weighted by atomic mass is 9.92. The molecule has 0 atom stereocenters. The van der Waals surface area contributed by atoms with Crippen molar-refractivity contribution in [1.29, 1.82) is 0 Å². The van der Waals surface area contributed by atoms with Gasteiger partial charge in [-0.3, -0.25) is 4.84 Å². The molecule has 1 rings (SSSR count). The molecule has 0 amide bonds. The van der Waals surface area contributed by atoms with Crippen molar-refractivity contribution in [3.63, 3.8) is 0 Å². The zero-order chi connectivity index (χ0) is 27.9. The number of hydroxylamine groups is 2. The number of rotatable bonds is 7.